The molecule has 4 N–H and O–H groups in total. The SMILES string of the molecule is Cc1ncsc1-c1ccc([C@H](C)NC(=O)[C@@H]2C[C@@H](O)CN2C(=O)[C@@H](N(C(=O)COCCN2CCN(c3ccc(C(N)=O)cn3)CC2)C2C(C)(C)C(Oc3ccc(C#N)c(Cl)c3)C2(C)C)C(C)(C)C)cc1. The number of nitrogens with two attached hydrogens (primary N) is 1. The number of nitriles is 1. The normalized spacial score (nSPS) is 21.8. The van der Waals surface area contributed by atoms with Crippen molar-refractivity contribution in [2.75, 3.05) is 57.4 Å². The molecule has 3 aliphatic rings. The molecule has 374 valence electrons. The zero-order chi connectivity index (χ0) is 50.9. The Labute approximate surface area is 420 Å². The highest BCUT2D eigenvalue weighted by Gasteiger charge is 2.68. The molecule has 4 heterocycles. The van der Waals surface area contributed by atoms with Crippen molar-refractivity contribution in [3.8, 4) is 22.3 Å². The number of hydrogen-bond donors (Lipinski definition) is 3. The molecule has 0 bridgehead atoms. The van der Waals surface area contributed by atoms with Crippen molar-refractivity contribution in [1.82, 2.24) is 30.0 Å². The number of β-amino-alcohol motifs (C(OH)–C–C–N with tert-alkyl or cyclic N) is 1. The number of carbonyl (C=O) groups is 4. The van der Waals surface area contributed by atoms with Crippen molar-refractivity contribution < 1.29 is 33.8 Å². The first kappa shape index (κ1) is 52.2. The lowest BCUT2D eigenvalue weighted by Crippen LogP contribution is -2.78. The average molecular weight is 997 g/mol. The van der Waals surface area contributed by atoms with Crippen LogP contribution in [0.4, 0.5) is 5.82 Å². The highest BCUT2D eigenvalue weighted by atomic mass is 35.5. The Kier molecular flexibility index (Phi) is 15.6. The minimum atomic E-state index is -1.09. The first-order valence-electron chi connectivity index (χ1n) is 23.8. The maximum Gasteiger partial charge on any atom is 0.250 e. The molecule has 4 amide bonds. The fraction of sp³-hybridized carbons (Fsp3) is 0.519. The van der Waals surface area contributed by atoms with E-state index in [1.54, 1.807) is 46.6 Å². The molecule has 2 saturated heterocycles. The lowest BCUT2D eigenvalue weighted by atomic mass is 9.48. The standard InChI is InChI=1S/C52H66ClN9O7S/c1-31(33-10-12-34(13-11-33)43-32(2)57-30-70-43)58-46(66)40-24-37(63)28-61(40)47(67)44(50(3,4)5)62(48-51(6,7)49(52(48,8)9)69-38-16-14-35(26-54)39(53)25-38)42(64)29-68-23-22-59-18-20-60(21-19-59)41-17-15-36(27-56-41)45(55)65/h10-17,25,27,30-31,37,40,44,48-49,63H,18-24,28-29H2,1-9H3,(H2,55,65)(H,58,66)/t31-,37+,40-,44+,48?,49?/m0/s1. The number of benzene rings is 2. The molecule has 70 heavy (non-hydrogen) atoms. The summed E-state index contributed by atoms with van der Waals surface area (Å²) in [5.41, 5.74) is 8.38. The van der Waals surface area contributed by atoms with Gasteiger partial charge in [-0.3, -0.25) is 24.1 Å². The van der Waals surface area contributed by atoms with Gasteiger partial charge in [0.1, 0.15) is 42.4 Å². The smallest absolute Gasteiger partial charge is 0.250 e. The Morgan fingerprint density at radius 2 is 1.71 bits per heavy atom. The summed E-state index contributed by atoms with van der Waals surface area (Å²) in [6.07, 6.45) is 0.0964. The Hall–Kier alpha value is -5.64. The molecule has 3 fully saturated rings. The summed E-state index contributed by atoms with van der Waals surface area (Å²) in [7, 11) is 0. The molecule has 1 aliphatic carbocycles. The van der Waals surface area contributed by atoms with Crippen molar-refractivity contribution in [3.05, 3.63) is 93.7 Å². The number of aliphatic hydroxyl groups is 1. The van der Waals surface area contributed by atoms with Gasteiger partial charge < -0.3 is 40.3 Å². The van der Waals surface area contributed by atoms with Gasteiger partial charge in [0.2, 0.25) is 23.6 Å². The summed E-state index contributed by atoms with van der Waals surface area (Å²) in [6.45, 7) is 20.9. The average Bonchev–Trinajstić information content (AvgIpc) is 3.94. The lowest BCUT2D eigenvalue weighted by Gasteiger charge is -2.67. The second kappa shape index (κ2) is 21.0. The van der Waals surface area contributed by atoms with E-state index in [0.29, 0.717) is 36.5 Å². The van der Waals surface area contributed by atoms with Crippen LogP contribution in [-0.2, 0) is 19.1 Å². The van der Waals surface area contributed by atoms with E-state index in [0.717, 1.165) is 40.6 Å². The Bertz CT molecular complexity index is 2570. The molecule has 2 aliphatic heterocycles. The zero-order valence-electron chi connectivity index (χ0n) is 41.6. The highest BCUT2D eigenvalue weighted by Crippen LogP contribution is 2.59. The molecule has 0 radical (unpaired) electrons. The Morgan fingerprint density at radius 1 is 1.03 bits per heavy atom. The maximum atomic E-state index is 15.5. The van der Waals surface area contributed by atoms with E-state index in [9.17, 15) is 20.0 Å². The fourth-order valence-electron chi connectivity index (χ4n) is 11.0. The number of pyridine rings is 1. The van der Waals surface area contributed by atoms with Crippen LogP contribution in [-0.4, -0.2) is 136 Å². The van der Waals surface area contributed by atoms with Gasteiger partial charge in [-0.25, -0.2) is 9.97 Å². The number of hydrogen-bond acceptors (Lipinski definition) is 13. The fourth-order valence-corrected chi connectivity index (χ4v) is 12.0. The number of primary amides is 1. The summed E-state index contributed by atoms with van der Waals surface area (Å²) in [4.78, 5) is 73.8. The molecule has 7 rings (SSSR count). The molecular weight excluding hydrogens is 930 g/mol. The van der Waals surface area contributed by atoms with Crippen molar-refractivity contribution in [3.63, 3.8) is 0 Å². The number of nitrogens with zero attached hydrogens (tertiary/aromatic N) is 7. The predicted octanol–water partition coefficient (Wildman–Crippen LogP) is 6.24. The van der Waals surface area contributed by atoms with E-state index in [-0.39, 0.29) is 37.1 Å². The lowest BCUT2D eigenvalue weighted by molar-refractivity contribution is -0.226. The summed E-state index contributed by atoms with van der Waals surface area (Å²) >= 11 is 8.00. The van der Waals surface area contributed by atoms with E-state index in [2.05, 4.69) is 31.2 Å². The van der Waals surface area contributed by atoms with E-state index in [4.69, 9.17) is 26.8 Å². The number of halogens is 1. The summed E-state index contributed by atoms with van der Waals surface area (Å²) in [5, 5.41) is 24.0. The highest BCUT2D eigenvalue weighted by molar-refractivity contribution is 7.13. The van der Waals surface area contributed by atoms with Crippen LogP contribution in [0.15, 0.2) is 66.3 Å². The number of likely N-dealkylation sites (tertiary alicyclic amines) is 1. The number of aliphatic hydroxyl groups excluding tert-OH is 1. The van der Waals surface area contributed by atoms with Crippen LogP contribution in [0.3, 0.4) is 0 Å². The number of piperazine rings is 1. The second-order valence-corrected chi connectivity index (χ2v) is 22.3. The number of carbonyl (C=O) groups excluding carboxylic acids is 4. The van der Waals surface area contributed by atoms with Gasteiger partial charge in [0.25, 0.3) is 0 Å². The maximum absolute atomic E-state index is 15.5. The summed E-state index contributed by atoms with van der Waals surface area (Å²) < 4.78 is 12.8. The number of rotatable bonds is 16. The number of amides is 4. The van der Waals surface area contributed by atoms with Gasteiger partial charge >= 0.3 is 0 Å². The van der Waals surface area contributed by atoms with E-state index in [1.165, 1.54) is 11.1 Å². The summed E-state index contributed by atoms with van der Waals surface area (Å²) in [6, 6.07) is 15.4. The van der Waals surface area contributed by atoms with Gasteiger partial charge in [-0.1, -0.05) is 84.3 Å². The first-order chi connectivity index (χ1) is 33.0. The third-order valence-electron chi connectivity index (χ3n) is 14.1. The first-order valence-corrected chi connectivity index (χ1v) is 25.1. The van der Waals surface area contributed by atoms with Gasteiger partial charge in [0, 0.05) is 74.8 Å². The van der Waals surface area contributed by atoms with Crippen LogP contribution < -0.4 is 20.7 Å². The van der Waals surface area contributed by atoms with Crippen molar-refractivity contribution >= 4 is 52.4 Å². The van der Waals surface area contributed by atoms with Gasteiger partial charge in [0.15, 0.2) is 0 Å². The van der Waals surface area contributed by atoms with E-state index in [1.807, 2.05) is 92.1 Å². The monoisotopic (exact) mass is 995 g/mol. The third-order valence-corrected chi connectivity index (χ3v) is 15.4. The molecule has 18 heteroatoms. The molecule has 4 atom stereocenters. The topological polar surface area (TPSA) is 208 Å². The van der Waals surface area contributed by atoms with Crippen LogP contribution in [0.25, 0.3) is 10.4 Å². The Morgan fingerprint density at radius 3 is 2.29 bits per heavy atom. The van der Waals surface area contributed by atoms with E-state index >= 15 is 9.59 Å². The number of nitrogens with one attached hydrogen (secondary N) is 1. The van der Waals surface area contributed by atoms with Gasteiger partial charge in [0.05, 0.1) is 51.0 Å². The van der Waals surface area contributed by atoms with Crippen LogP contribution in [0.5, 0.6) is 5.75 Å². The van der Waals surface area contributed by atoms with Crippen LogP contribution in [0.2, 0.25) is 5.02 Å². The molecule has 4 aromatic rings. The molecule has 1 saturated carbocycles. The number of thiazole rings is 1. The molecule has 16 nitrogen and oxygen atoms in total. The molecule has 2 aromatic heterocycles. The van der Waals surface area contributed by atoms with Crippen LogP contribution in [0.1, 0.15) is 95.0 Å². The zero-order valence-corrected chi connectivity index (χ0v) is 43.1. The minimum absolute atomic E-state index is 0.0393. The number of aryl methyl sites for hydroxylation is 1. The molecule has 0 spiro atoms. The van der Waals surface area contributed by atoms with Gasteiger partial charge in [-0.05, 0) is 54.7 Å². The number of aromatic nitrogens is 2. The van der Waals surface area contributed by atoms with Gasteiger partial charge in [-0.15, -0.1) is 11.3 Å². The molecular formula is C52H66ClN9O7S. The molecule has 2 aromatic carbocycles. The quantitative estimate of drug-likeness (QED) is 0.107. The van der Waals surface area contributed by atoms with Crippen LogP contribution >= 0.6 is 22.9 Å². The minimum Gasteiger partial charge on any atom is -0.489 e. The van der Waals surface area contributed by atoms with Crippen molar-refractivity contribution in [2.24, 2.45) is 22.0 Å². The van der Waals surface area contributed by atoms with Crippen molar-refractivity contribution in [1.29, 1.82) is 5.26 Å². The van der Waals surface area contributed by atoms with Crippen LogP contribution in [0, 0.1) is 34.5 Å². The Balaban J connectivity index is 1.10. The van der Waals surface area contributed by atoms with E-state index < -0.39 is 70.3 Å². The second-order valence-electron chi connectivity index (χ2n) is 21.0. The van der Waals surface area contributed by atoms with Gasteiger partial charge in [-0.2, -0.15) is 5.26 Å². The predicted molar refractivity (Wildman–Crippen MR) is 269 cm³/mol. The molecule has 0 unspecified atom stereocenters. The van der Waals surface area contributed by atoms with Crippen molar-refractivity contribution in [2.45, 2.75) is 105 Å². The third kappa shape index (κ3) is 11.0. The summed E-state index contributed by atoms with van der Waals surface area (Å²) in [5.74, 6) is -0.524. The number of anilines is 1. The number of ether oxygens (including phenoxy) is 2. The largest absolute Gasteiger partial charge is 0.489 e.